The molecule has 0 spiro atoms. The molecule has 1 aliphatic rings. The van der Waals surface area contributed by atoms with Gasteiger partial charge in [0.2, 0.25) is 0 Å². The molecule has 1 aromatic rings. The Hall–Kier alpha value is -1.62. The van der Waals surface area contributed by atoms with Gasteiger partial charge in [0.15, 0.2) is 0 Å². The summed E-state index contributed by atoms with van der Waals surface area (Å²) in [4.78, 5) is 14.0. The van der Waals surface area contributed by atoms with Crippen LogP contribution >= 0.6 is 0 Å². The number of nitrogen functional groups attached to an aromatic ring is 1. The minimum Gasteiger partial charge on any atom is -0.339 e. The van der Waals surface area contributed by atoms with E-state index in [9.17, 15) is 9.18 Å². The lowest BCUT2D eigenvalue weighted by molar-refractivity contribution is 0.0728. The Labute approximate surface area is 106 Å². The van der Waals surface area contributed by atoms with Crippen LogP contribution in [-0.4, -0.2) is 23.9 Å². The van der Waals surface area contributed by atoms with Crippen molar-refractivity contribution < 1.29 is 9.18 Å². The molecule has 3 N–H and O–H groups in total. The van der Waals surface area contributed by atoms with E-state index in [-0.39, 0.29) is 23.2 Å². The molecule has 1 amide bonds. The third-order valence-electron chi connectivity index (χ3n) is 3.62. The SMILES string of the molecule is CC(C1CC1)N(C)C(=O)c1cccc(F)c1NN. The quantitative estimate of drug-likeness (QED) is 0.635. The van der Waals surface area contributed by atoms with Gasteiger partial charge in [0, 0.05) is 13.1 Å². The summed E-state index contributed by atoms with van der Waals surface area (Å²) >= 11 is 0. The zero-order valence-electron chi connectivity index (χ0n) is 10.6. The number of halogens is 1. The monoisotopic (exact) mass is 251 g/mol. The zero-order valence-corrected chi connectivity index (χ0v) is 10.6. The Bertz CT molecular complexity index is 460. The molecule has 0 aliphatic heterocycles. The molecule has 1 unspecified atom stereocenters. The van der Waals surface area contributed by atoms with Gasteiger partial charge in [-0.05, 0) is 37.8 Å². The fourth-order valence-corrected chi connectivity index (χ4v) is 2.12. The van der Waals surface area contributed by atoms with Crippen LogP contribution in [0.4, 0.5) is 10.1 Å². The summed E-state index contributed by atoms with van der Waals surface area (Å²) < 4.78 is 13.5. The van der Waals surface area contributed by atoms with Gasteiger partial charge in [-0.25, -0.2) is 4.39 Å². The number of carbonyl (C=O) groups is 1. The molecule has 1 aliphatic carbocycles. The predicted molar refractivity (Wildman–Crippen MR) is 68.5 cm³/mol. The Morgan fingerprint density at radius 1 is 1.56 bits per heavy atom. The maximum atomic E-state index is 13.5. The van der Waals surface area contributed by atoms with Crippen LogP contribution in [-0.2, 0) is 0 Å². The summed E-state index contributed by atoms with van der Waals surface area (Å²) in [6.07, 6.45) is 2.31. The molecule has 1 saturated carbocycles. The number of nitrogens with two attached hydrogens (primary N) is 1. The van der Waals surface area contributed by atoms with Crippen molar-refractivity contribution >= 4 is 11.6 Å². The number of carbonyl (C=O) groups excluding carboxylic acids is 1. The van der Waals surface area contributed by atoms with Gasteiger partial charge in [0.05, 0.1) is 11.3 Å². The first-order valence-corrected chi connectivity index (χ1v) is 6.08. The van der Waals surface area contributed by atoms with Crippen molar-refractivity contribution in [2.24, 2.45) is 11.8 Å². The van der Waals surface area contributed by atoms with E-state index in [1.165, 1.54) is 12.1 Å². The Morgan fingerprint density at radius 3 is 2.78 bits per heavy atom. The number of hydrogen-bond acceptors (Lipinski definition) is 3. The highest BCUT2D eigenvalue weighted by Crippen LogP contribution is 2.35. The van der Waals surface area contributed by atoms with Crippen molar-refractivity contribution in [1.82, 2.24) is 4.90 Å². The Morgan fingerprint density at radius 2 is 2.22 bits per heavy atom. The number of anilines is 1. The summed E-state index contributed by atoms with van der Waals surface area (Å²) in [5.74, 6) is 5.12. The van der Waals surface area contributed by atoms with Gasteiger partial charge in [-0.3, -0.25) is 10.6 Å². The van der Waals surface area contributed by atoms with Crippen molar-refractivity contribution in [3.05, 3.63) is 29.6 Å². The van der Waals surface area contributed by atoms with E-state index in [2.05, 4.69) is 5.43 Å². The molecule has 0 bridgehead atoms. The van der Waals surface area contributed by atoms with Gasteiger partial charge in [-0.15, -0.1) is 0 Å². The van der Waals surface area contributed by atoms with Gasteiger partial charge < -0.3 is 10.3 Å². The lowest BCUT2D eigenvalue weighted by Crippen LogP contribution is -2.37. The van der Waals surface area contributed by atoms with Gasteiger partial charge in [0.25, 0.3) is 5.91 Å². The van der Waals surface area contributed by atoms with E-state index in [1.54, 1.807) is 18.0 Å². The number of hydrazine groups is 1. The number of hydrogen-bond donors (Lipinski definition) is 2. The van der Waals surface area contributed by atoms with E-state index >= 15 is 0 Å². The molecular formula is C13H18FN3O. The van der Waals surface area contributed by atoms with E-state index in [1.807, 2.05) is 6.92 Å². The smallest absolute Gasteiger partial charge is 0.256 e. The standard InChI is InChI=1S/C13H18FN3O/c1-8(9-6-7-9)17(2)13(18)10-4-3-5-11(14)12(10)16-15/h3-5,8-9,16H,6-7,15H2,1-2H3. The first-order valence-electron chi connectivity index (χ1n) is 6.08. The lowest BCUT2D eigenvalue weighted by Gasteiger charge is -2.25. The highest BCUT2D eigenvalue weighted by molar-refractivity contribution is 5.99. The molecule has 5 heteroatoms. The fraction of sp³-hybridized carbons (Fsp3) is 0.462. The Balaban J connectivity index is 2.24. The molecule has 0 heterocycles. The molecule has 1 atom stereocenters. The first-order chi connectivity index (χ1) is 8.56. The molecule has 0 saturated heterocycles. The number of nitrogens with one attached hydrogen (secondary N) is 1. The van der Waals surface area contributed by atoms with Crippen molar-refractivity contribution in [3.8, 4) is 0 Å². The van der Waals surface area contributed by atoms with Crippen LogP contribution in [0, 0.1) is 11.7 Å². The van der Waals surface area contributed by atoms with Gasteiger partial charge in [-0.1, -0.05) is 6.07 Å². The molecule has 4 nitrogen and oxygen atoms in total. The topological polar surface area (TPSA) is 58.4 Å². The molecular weight excluding hydrogens is 233 g/mol. The van der Waals surface area contributed by atoms with Crippen LogP contribution < -0.4 is 11.3 Å². The highest BCUT2D eigenvalue weighted by Gasteiger charge is 2.33. The molecule has 98 valence electrons. The average Bonchev–Trinajstić information content (AvgIpc) is 3.20. The third kappa shape index (κ3) is 2.31. The summed E-state index contributed by atoms with van der Waals surface area (Å²) in [5, 5.41) is 0. The maximum absolute atomic E-state index is 13.5. The van der Waals surface area contributed by atoms with Gasteiger partial charge >= 0.3 is 0 Å². The van der Waals surface area contributed by atoms with Crippen LogP contribution in [0.3, 0.4) is 0 Å². The molecule has 18 heavy (non-hydrogen) atoms. The second kappa shape index (κ2) is 4.94. The molecule has 1 aromatic carbocycles. The fourth-order valence-electron chi connectivity index (χ4n) is 2.12. The largest absolute Gasteiger partial charge is 0.339 e. The van der Waals surface area contributed by atoms with E-state index in [4.69, 9.17) is 5.84 Å². The predicted octanol–water partition coefficient (Wildman–Crippen LogP) is 1.98. The van der Waals surface area contributed by atoms with Gasteiger partial charge in [0.1, 0.15) is 5.82 Å². The number of nitrogens with zero attached hydrogens (tertiary/aromatic N) is 1. The van der Waals surface area contributed by atoms with Crippen LogP contribution in [0.25, 0.3) is 0 Å². The van der Waals surface area contributed by atoms with E-state index < -0.39 is 5.82 Å². The second-order valence-electron chi connectivity index (χ2n) is 4.80. The summed E-state index contributed by atoms with van der Waals surface area (Å²) in [7, 11) is 1.75. The second-order valence-corrected chi connectivity index (χ2v) is 4.80. The lowest BCUT2D eigenvalue weighted by atomic mass is 10.1. The minimum absolute atomic E-state index is 0.0531. The number of para-hydroxylation sites is 1. The van der Waals surface area contributed by atoms with E-state index in [0.29, 0.717) is 5.92 Å². The number of benzene rings is 1. The highest BCUT2D eigenvalue weighted by atomic mass is 19.1. The third-order valence-corrected chi connectivity index (χ3v) is 3.62. The van der Waals surface area contributed by atoms with Crippen LogP contribution in [0.1, 0.15) is 30.1 Å². The number of amides is 1. The van der Waals surface area contributed by atoms with E-state index in [0.717, 1.165) is 12.8 Å². The minimum atomic E-state index is -0.518. The molecule has 2 rings (SSSR count). The number of rotatable bonds is 4. The molecule has 1 fully saturated rings. The maximum Gasteiger partial charge on any atom is 0.256 e. The average molecular weight is 251 g/mol. The summed E-state index contributed by atoms with van der Waals surface area (Å²) in [6, 6.07) is 4.54. The first kappa shape index (κ1) is 12.8. The molecule has 0 radical (unpaired) electrons. The van der Waals surface area contributed by atoms with Crippen molar-refractivity contribution in [1.29, 1.82) is 0 Å². The van der Waals surface area contributed by atoms with Crippen LogP contribution in [0.2, 0.25) is 0 Å². The van der Waals surface area contributed by atoms with Crippen molar-refractivity contribution in [2.45, 2.75) is 25.8 Å². The Kier molecular flexibility index (Phi) is 3.52. The van der Waals surface area contributed by atoms with Gasteiger partial charge in [-0.2, -0.15) is 0 Å². The summed E-state index contributed by atoms with van der Waals surface area (Å²) in [5.41, 5.74) is 2.58. The zero-order chi connectivity index (χ0) is 13.3. The van der Waals surface area contributed by atoms with Crippen LogP contribution in [0.15, 0.2) is 18.2 Å². The normalized spacial score (nSPS) is 16.2. The summed E-state index contributed by atoms with van der Waals surface area (Å²) in [6.45, 7) is 2.02. The van der Waals surface area contributed by atoms with Crippen molar-refractivity contribution in [2.75, 3.05) is 12.5 Å². The van der Waals surface area contributed by atoms with Crippen LogP contribution in [0.5, 0.6) is 0 Å². The molecule has 0 aromatic heterocycles. The van der Waals surface area contributed by atoms with Crippen molar-refractivity contribution in [3.63, 3.8) is 0 Å².